The minimum Gasteiger partial charge on any atom is -0.469 e. The molecule has 11 nitrogen and oxygen atoms in total. The number of methoxy groups -OCH3 is 2. The fourth-order valence-corrected chi connectivity index (χ4v) is 6.23. The van der Waals surface area contributed by atoms with Gasteiger partial charge in [-0.15, -0.1) is 0 Å². The van der Waals surface area contributed by atoms with Crippen molar-refractivity contribution in [1.29, 1.82) is 0 Å². The Labute approximate surface area is 239 Å². The molecule has 1 saturated heterocycles. The molecule has 2 aliphatic heterocycles. The Balaban J connectivity index is 2.07. The minimum atomic E-state index is -2.62. The monoisotopic (exact) mass is 616 g/mol. The zero-order valence-corrected chi connectivity index (χ0v) is 24.0. The second-order valence-corrected chi connectivity index (χ2v) is 10.1. The van der Waals surface area contributed by atoms with Gasteiger partial charge in [-0.05, 0) is 41.4 Å². The molecule has 1 amide bonds. The molecule has 1 spiro atoms. The molecule has 40 heavy (non-hydrogen) atoms. The van der Waals surface area contributed by atoms with Crippen LogP contribution in [-0.2, 0) is 55.0 Å². The largest absolute Gasteiger partial charge is 0.469 e. The van der Waals surface area contributed by atoms with E-state index in [1.807, 2.05) is 30.3 Å². The molecule has 1 fully saturated rings. The molecule has 0 aromatic heterocycles. The highest BCUT2D eigenvalue weighted by Crippen LogP contribution is 2.57. The number of amides is 1. The lowest BCUT2D eigenvalue weighted by atomic mass is 9.72. The molecule has 2 aromatic carbocycles. The van der Waals surface area contributed by atoms with Crippen molar-refractivity contribution in [1.82, 2.24) is 5.32 Å². The first-order valence-electron chi connectivity index (χ1n) is 12.6. The van der Waals surface area contributed by atoms with Crippen molar-refractivity contribution >= 4 is 51.4 Å². The van der Waals surface area contributed by atoms with Crippen LogP contribution in [0.1, 0.15) is 25.0 Å². The molecule has 0 radical (unpaired) electrons. The first kappa shape index (κ1) is 29.2. The van der Waals surface area contributed by atoms with E-state index in [-0.39, 0.29) is 25.3 Å². The number of fused-ring (bicyclic) bond motifs is 2. The fourth-order valence-electron chi connectivity index (χ4n) is 5.65. The number of benzene rings is 2. The van der Waals surface area contributed by atoms with E-state index < -0.39 is 52.7 Å². The minimum absolute atomic E-state index is 0.0846. The highest BCUT2D eigenvalue weighted by molar-refractivity contribution is 9.10. The Bertz CT molecular complexity index is 1330. The zero-order valence-electron chi connectivity index (χ0n) is 22.4. The predicted octanol–water partition coefficient (Wildman–Crippen LogP) is 2.24. The number of anilines is 1. The average Bonchev–Trinajstić information content (AvgIpc) is 3.41. The Kier molecular flexibility index (Phi) is 8.31. The molecule has 1 N–H and O–H groups in total. The molecule has 2 heterocycles. The summed E-state index contributed by atoms with van der Waals surface area (Å²) in [5.41, 5.74) is -3.31. The second-order valence-electron chi connectivity index (χ2n) is 9.20. The quantitative estimate of drug-likeness (QED) is 0.267. The summed E-state index contributed by atoms with van der Waals surface area (Å²) in [6.07, 6.45) is 0. The molecule has 3 atom stereocenters. The summed E-state index contributed by atoms with van der Waals surface area (Å²) in [7, 11) is 2.13. The van der Waals surface area contributed by atoms with Crippen molar-refractivity contribution < 1.29 is 42.9 Å². The van der Waals surface area contributed by atoms with E-state index in [1.54, 1.807) is 18.2 Å². The third-order valence-corrected chi connectivity index (χ3v) is 7.85. The molecule has 212 valence electrons. The van der Waals surface area contributed by atoms with E-state index in [1.165, 1.54) is 18.7 Å². The Morgan fingerprint density at radius 1 is 0.875 bits per heavy atom. The van der Waals surface area contributed by atoms with Gasteiger partial charge in [0.1, 0.15) is 17.4 Å². The number of carbonyl (C=O) groups excluding carboxylic acids is 5. The predicted molar refractivity (Wildman–Crippen MR) is 144 cm³/mol. The van der Waals surface area contributed by atoms with Gasteiger partial charge in [-0.3, -0.25) is 19.7 Å². The van der Waals surface area contributed by atoms with Gasteiger partial charge in [-0.1, -0.05) is 42.5 Å². The van der Waals surface area contributed by atoms with Gasteiger partial charge in [-0.25, -0.2) is 9.59 Å². The SMILES string of the molecule is CCOC(=O)C1(C(=O)OCC)N[C@@]2(C(=O)N(Cc3ccccc3)c3c(Br)cccc32)[C@H](C(=O)OC)[C@H]1C(=O)OC. The normalized spacial score (nSPS) is 22.5. The van der Waals surface area contributed by atoms with Crippen molar-refractivity contribution in [3.8, 4) is 0 Å². The summed E-state index contributed by atoms with van der Waals surface area (Å²) >= 11 is 3.51. The molecular formula is C28H29BrN2O9. The molecule has 0 aliphatic carbocycles. The number of ether oxygens (including phenoxy) is 4. The van der Waals surface area contributed by atoms with Crippen molar-refractivity contribution in [2.24, 2.45) is 11.8 Å². The summed E-state index contributed by atoms with van der Waals surface area (Å²) in [5.74, 6) is -8.79. The third kappa shape index (κ3) is 4.26. The summed E-state index contributed by atoms with van der Waals surface area (Å²) in [4.78, 5) is 70.5. The first-order valence-corrected chi connectivity index (χ1v) is 13.4. The molecule has 12 heteroatoms. The van der Waals surface area contributed by atoms with Crippen LogP contribution in [0.3, 0.4) is 0 Å². The van der Waals surface area contributed by atoms with Gasteiger partial charge in [0.2, 0.25) is 5.54 Å². The lowest BCUT2D eigenvalue weighted by Gasteiger charge is -2.31. The van der Waals surface area contributed by atoms with Crippen LogP contribution in [-0.4, -0.2) is 62.8 Å². The van der Waals surface area contributed by atoms with Gasteiger partial charge >= 0.3 is 23.9 Å². The molecule has 2 aliphatic rings. The van der Waals surface area contributed by atoms with Gasteiger partial charge in [-0.2, -0.15) is 0 Å². The average molecular weight is 617 g/mol. The van der Waals surface area contributed by atoms with E-state index in [9.17, 15) is 24.0 Å². The Morgan fingerprint density at radius 3 is 2.00 bits per heavy atom. The van der Waals surface area contributed by atoms with Gasteiger partial charge in [0.05, 0.1) is 39.7 Å². The number of para-hydroxylation sites is 1. The van der Waals surface area contributed by atoms with Gasteiger partial charge < -0.3 is 23.8 Å². The maximum Gasteiger partial charge on any atom is 0.339 e. The van der Waals surface area contributed by atoms with Crippen LogP contribution in [0.25, 0.3) is 0 Å². The topological polar surface area (TPSA) is 138 Å². The smallest absolute Gasteiger partial charge is 0.339 e. The molecular weight excluding hydrogens is 588 g/mol. The van der Waals surface area contributed by atoms with Crippen LogP contribution in [0.4, 0.5) is 5.69 Å². The summed E-state index contributed by atoms with van der Waals surface area (Å²) in [6, 6.07) is 14.1. The number of nitrogens with one attached hydrogen (secondary N) is 1. The lowest BCUT2D eigenvalue weighted by Crippen LogP contribution is -2.65. The van der Waals surface area contributed by atoms with Gasteiger partial charge in [0.25, 0.3) is 5.91 Å². The van der Waals surface area contributed by atoms with Crippen molar-refractivity contribution in [2.45, 2.75) is 31.5 Å². The highest BCUT2D eigenvalue weighted by atomic mass is 79.9. The zero-order chi connectivity index (χ0) is 29.2. The van der Waals surface area contributed by atoms with E-state index in [0.29, 0.717) is 10.2 Å². The van der Waals surface area contributed by atoms with E-state index >= 15 is 0 Å². The summed E-state index contributed by atoms with van der Waals surface area (Å²) < 4.78 is 21.1. The summed E-state index contributed by atoms with van der Waals surface area (Å²) in [6.45, 7) is 2.78. The van der Waals surface area contributed by atoms with E-state index in [2.05, 4.69) is 21.2 Å². The maximum atomic E-state index is 14.7. The molecule has 4 rings (SSSR count). The first-order chi connectivity index (χ1) is 19.1. The fraction of sp³-hybridized carbons (Fsp3) is 0.393. The van der Waals surface area contributed by atoms with E-state index in [4.69, 9.17) is 18.9 Å². The third-order valence-electron chi connectivity index (χ3n) is 7.21. The van der Waals surface area contributed by atoms with Gasteiger partial charge in [0, 0.05) is 10.0 Å². The summed E-state index contributed by atoms with van der Waals surface area (Å²) in [5, 5.41) is 2.87. The molecule has 0 unspecified atom stereocenters. The van der Waals surface area contributed by atoms with Crippen LogP contribution in [0.2, 0.25) is 0 Å². The maximum absolute atomic E-state index is 14.7. The number of esters is 4. The van der Waals surface area contributed by atoms with Crippen molar-refractivity contribution in [3.63, 3.8) is 0 Å². The second kappa shape index (κ2) is 11.4. The lowest BCUT2D eigenvalue weighted by molar-refractivity contribution is -0.175. The Hall–Kier alpha value is -3.77. The number of nitrogens with zero attached hydrogens (tertiary/aromatic N) is 1. The molecule has 2 aromatic rings. The van der Waals surface area contributed by atoms with Gasteiger partial charge in [0.15, 0.2) is 0 Å². The molecule has 0 bridgehead atoms. The standard InChI is InChI=1S/C28H29BrN2O9/c1-5-39-25(35)28(26(36)40-6-2)20(23(33)38-4)19(22(32)37-3)27(30-28)17-13-10-14-18(29)21(17)31(24(27)34)15-16-11-8-7-9-12-16/h7-14,19-20,30H,5-6,15H2,1-4H3/t19-,20-,27+/m0/s1. The van der Waals surface area contributed by atoms with Crippen LogP contribution in [0.5, 0.6) is 0 Å². The van der Waals surface area contributed by atoms with Crippen molar-refractivity contribution in [3.05, 3.63) is 64.1 Å². The highest BCUT2D eigenvalue weighted by Gasteiger charge is 2.79. The van der Waals surface area contributed by atoms with Crippen LogP contribution in [0.15, 0.2) is 53.0 Å². The molecule has 0 saturated carbocycles. The van der Waals surface area contributed by atoms with Crippen LogP contribution < -0.4 is 10.2 Å². The number of carbonyl (C=O) groups is 5. The number of halogens is 1. The van der Waals surface area contributed by atoms with Crippen molar-refractivity contribution in [2.75, 3.05) is 32.3 Å². The van der Waals surface area contributed by atoms with Crippen LogP contribution >= 0.6 is 15.9 Å². The Morgan fingerprint density at radius 2 is 1.45 bits per heavy atom. The number of rotatable bonds is 8. The number of hydrogen-bond donors (Lipinski definition) is 1. The number of hydrogen-bond acceptors (Lipinski definition) is 10. The van der Waals surface area contributed by atoms with Crippen LogP contribution in [0, 0.1) is 11.8 Å². The van der Waals surface area contributed by atoms with E-state index in [0.717, 1.165) is 19.8 Å².